The number of halogens is 1. The molecule has 0 atom stereocenters. The smallest absolute Gasteiger partial charge is 0.188 e. The largest absolute Gasteiger partial charge is 0.494 e. The Kier molecular flexibility index (Phi) is 3.52. The lowest BCUT2D eigenvalue weighted by Gasteiger charge is -2.01. The number of aromatic nitrogens is 1. The Morgan fingerprint density at radius 1 is 1.25 bits per heavy atom. The van der Waals surface area contributed by atoms with E-state index in [0.29, 0.717) is 12.3 Å². The van der Waals surface area contributed by atoms with Crippen molar-refractivity contribution in [3.8, 4) is 5.75 Å². The molecule has 0 amide bonds. The SMILES string of the molecule is CCOc1ccc2nc(Nc3cccc(F)c3)sc2c1. The Morgan fingerprint density at radius 2 is 2.15 bits per heavy atom. The van der Waals surface area contributed by atoms with Crippen molar-refractivity contribution in [2.45, 2.75) is 6.92 Å². The Morgan fingerprint density at radius 3 is 2.95 bits per heavy atom. The molecule has 5 heteroatoms. The number of nitrogens with zero attached hydrogens (tertiary/aromatic N) is 1. The summed E-state index contributed by atoms with van der Waals surface area (Å²) in [5.41, 5.74) is 1.59. The zero-order valence-electron chi connectivity index (χ0n) is 10.9. The molecule has 102 valence electrons. The summed E-state index contributed by atoms with van der Waals surface area (Å²) in [6.45, 7) is 2.59. The Labute approximate surface area is 120 Å². The second-order valence-corrected chi connectivity index (χ2v) is 5.25. The van der Waals surface area contributed by atoms with Gasteiger partial charge in [-0.1, -0.05) is 17.4 Å². The molecule has 0 saturated carbocycles. The summed E-state index contributed by atoms with van der Waals surface area (Å²) in [5, 5.41) is 3.85. The van der Waals surface area contributed by atoms with Crippen molar-refractivity contribution in [1.29, 1.82) is 0 Å². The Hall–Kier alpha value is -2.14. The first-order valence-corrected chi connectivity index (χ1v) is 7.12. The van der Waals surface area contributed by atoms with Gasteiger partial charge in [0.25, 0.3) is 0 Å². The highest BCUT2D eigenvalue weighted by atomic mass is 32.1. The minimum absolute atomic E-state index is 0.269. The summed E-state index contributed by atoms with van der Waals surface area (Å²) in [5.74, 6) is 0.565. The predicted octanol–water partition coefficient (Wildman–Crippen LogP) is 4.58. The molecule has 1 aromatic heterocycles. The molecule has 0 aliphatic heterocycles. The van der Waals surface area contributed by atoms with Crippen LogP contribution in [-0.2, 0) is 0 Å². The van der Waals surface area contributed by atoms with E-state index in [1.807, 2.05) is 25.1 Å². The van der Waals surface area contributed by atoms with Crippen LogP contribution in [0.4, 0.5) is 15.2 Å². The summed E-state index contributed by atoms with van der Waals surface area (Å²) in [7, 11) is 0. The molecule has 0 aliphatic rings. The third kappa shape index (κ3) is 2.72. The number of anilines is 2. The maximum Gasteiger partial charge on any atom is 0.188 e. The molecule has 20 heavy (non-hydrogen) atoms. The lowest BCUT2D eigenvalue weighted by atomic mass is 10.3. The van der Waals surface area contributed by atoms with Crippen molar-refractivity contribution in [2.75, 3.05) is 11.9 Å². The molecule has 3 nitrogen and oxygen atoms in total. The molecule has 0 bridgehead atoms. The number of ether oxygens (including phenoxy) is 1. The first kappa shape index (κ1) is 12.9. The number of rotatable bonds is 4. The molecule has 0 radical (unpaired) electrons. The fraction of sp³-hybridized carbons (Fsp3) is 0.133. The fourth-order valence-electron chi connectivity index (χ4n) is 1.90. The molecule has 1 N–H and O–H groups in total. The molecular formula is C15H13FN2OS. The lowest BCUT2D eigenvalue weighted by Crippen LogP contribution is -1.90. The molecule has 0 unspecified atom stereocenters. The standard InChI is InChI=1S/C15H13FN2OS/c1-2-19-12-6-7-13-14(9-12)20-15(18-13)17-11-5-3-4-10(16)8-11/h3-9H,2H2,1H3,(H,17,18). The van der Waals surface area contributed by atoms with Gasteiger partial charge in [-0.2, -0.15) is 0 Å². The van der Waals surface area contributed by atoms with Gasteiger partial charge < -0.3 is 10.1 Å². The zero-order chi connectivity index (χ0) is 13.9. The van der Waals surface area contributed by atoms with Crippen molar-refractivity contribution in [1.82, 2.24) is 4.98 Å². The van der Waals surface area contributed by atoms with Crippen LogP contribution in [0.25, 0.3) is 10.2 Å². The van der Waals surface area contributed by atoms with Crippen LogP contribution in [0.5, 0.6) is 5.75 Å². The van der Waals surface area contributed by atoms with E-state index in [1.165, 1.54) is 23.5 Å². The predicted molar refractivity (Wildman–Crippen MR) is 80.5 cm³/mol. The van der Waals surface area contributed by atoms with Crippen molar-refractivity contribution in [3.05, 3.63) is 48.3 Å². The van der Waals surface area contributed by atoms with Crippen LogP contribution in [-0.4, -0.2) is 11.6 Å². The highest BCUT2D eigenvalue weighted by Crippen LogP contribution is 2.31. The van der Waals surface area contributed by atoms with Crippen LogP contribution in [0.1, 0.15) is 6.92 Å². The fourth-order valence-corrected chi connectivity index (χ4v) is 2.82. The monoisotopic (exact) mass is 288 g/mol. The van der Waals surface area contributed by atoms with Gasteiger partial charge in [0.1, 0.15) is 11.6 Å². The van der Waals surface area contributed by atoms with Crippen molar-refractivity contribution in [3.63, 3.8) is 0 Å². The second-order valence-electron chi connectivity index (χ2n) is 4.22. The summed E-state index contributed by atoms with van der Waals surface area (Å²) >= 11 is 1.51. The summed E-state index contributed by atoms with van der Waals surface area (Å²) in [4.78, 5) is 4.47. The van der Waals surface area contributed by atoms with Crippen LogP contribution >= 0.6 is 11.3 Å². The lowest BCUT2D eigenvalue weighted by molar-refractivity contribution is 0.341. The molecule has 0 spiro atoms. The van der Waals surface area contributed by atoms with E-state index in [9.17, 15) is 4.39 Å². The van der Waals surface area contributed by atoms with Gasteiger partial charge in [-0.15, -0.1) is 0 Å². The van der Waals surface area contributed by atoms with Crippen LogP contribution in [0.3, 0.4) is 0 Å². The van der Waals surface area contributed by atoms with E-state index in [4.69, 9.17) is 4.74 Å². The van der Waals surface area contributed by atoms with Gasteiger partial charge in [0.2, 0.25) is 0 Å². The van der Waals surface area contributed by atoms with Crippen molar-refractivity contribution < 1.29 is 9.13 Å². The van der Waals surface area contributed by atoms with E-state index in [0.717, 1.165) is 21.1 Å². The van der Waals surface area contributed by atoms with Gasteiger partial charge in [0.05, 0.1) is 16.8 Å². The molecule has 0 saturated heterocycles. The number of benzene rings is 2. The normalized spacial score (nSPS) is 10.7. The van der Waals surface area contributed by atoms with Gasteiger partial charge >= 0.3 is 0 Å². The minimum Gasteiger partial charge on any atom is -0.494 e. The molecule has 0 aliphatic carbocycles. The summed E-state index contributed by atoms with van der Waals surface area (Å²) in [6.07, 6.45) is 0. The van der Waals surface area contributed by atoms with Gasteiger partial charge in [0, 0.05) is 5.69 Å². The number of thiazole rings is 1. The molecular weight excluding hydrogens is 275 g/mol. The van der Waals surface area contributed by atoms with Crippen molar-refractivity contribution >= 4 is 32.4 Å². The van der Waals surface area contributed by atoms with Gasteiger partial charge in [-0.3, -0.25) is 0 Å². The quantitative estimate of drug-likeness (QED) is 0.763. The average molecular weight is 288 g/mol. The van der Waals surface area contributed by atoms with Gasteiger partial charge in [-0.05, 0) is 43.3 Å². The molecule has 0 fully saturated rings. The van der Waals surface area contributed by atoms with E-state index >= 15 is 0 Å². The number of hydrogen-bond donors (Lipinski definition) is 1. The third-order valence-corrected chi connectivity index (χ3v) is 3.68. The first-order chi connectivity index (χ1) is 9.74. The van der Waals surface area contributed by atoms with E-state index < -0.39 is 0 Å². The molecule has 3 rings (SSSR count). The van der Waals surface area contributed by atoms with E-state index in [2.05, 4.69) is 10.3 Å². The molecule has 2 aromatic carbocycles. The van der Waals surface area contributed by atoms with Gasteiger partial charge in [0.15, 0.2) is 5.13 Å². The number of fused-ring (bicyclic) bond motifs is 1. The first-order valence-electron chi connectivity index (χ1n) is 6.30. The zero-order valence-corrected chi connectivity index (χ0v) is 11.7. The number of nitrogens with one attached hydrogen (secondary N) is 1. The average Bonchev–Trinajstić information content (AvgIpc) is 2.80. The van der Waals surface area contributed by atoms with Crippen molar-refractivity contribution in [2.24, 2.45) is 0 Å². The second kappa shape index (κ2) is 5.46. The van der Waals surface area contributed by atoms with Gasteiger partial charge in [-0.25, -0.2) is 9.37 Å². The highest BCUT2D eigenvalue weighted by Gasteiger charge is 2.06. The van der Waals surface area contributed by atoms with E-state index in [-0.39, 0.29) is 5.82 Å². The maximum absolute atomic E-state index is 13.1. The maximum atomic E-state index is 13.1. The van der Waals surface area contributed by atoms with Crippen LogP contribution in [0.2, 0.25) is 0 Å². The van der Waals surface area contributed by atoms with Crippen LogP contribution in [0.15, 0.2) is 42.5 Å². The molecule has 1 heterocycles. The minimum atomic E-state index is -0.269. The summed E-state index contributed by atoms with van der Waals surface area (Å²) < 4.78 is 19.6. The highest BCUT2D eigenvalue weighted by molar-refractivity contribution is 7.22. The molecule has 3 aromatic rings. The summed E-state index contributed by atoms with van der Waals surface area (Å²) in [6, 6.07) is 12.1. The topological polar surface area (TPSA) is 34.1 Å². The van der Waals surface area contributed by atoms with E-state index in [1.54, 1.807) is 12.1 Å². The third-order valence-electron chi connectivity index (χ3n) is 2.75. The van der Waals surface area contributed by atoms with Crippen LogP contribution in [0, 0.1) is 5.82 Å². The number of hydrogen-bond acceptors (Lipinski definition) is 4. The van der Waals surface area contributed by atoms with Crippen LogP contribution < -0.4 is 10.1 Å². The Bertz CT molecular complexity index is 742. The Balaban J connectivity index is 1.89.